The summed E-state index contributed by atoms with van der Waals surface area (Å²) < 4.78 is 39.8. The van der Waals surface area contributed by atoms with Crippen LogP contribution in [0.2, 0.25) is 0 Å². The van der Waals surface area contributed by atoms with Gasteiger partial charge in [0.2, 0.25) is 5.91 Å². The van der Waals surface area contributed by atoms with Crippen molar-refractivity contribution < 1.29 is 22.8 Å². The predicted molar refractivity (Wildman–Crippen MR) is 101 cm³/mol. The number of halogens is 3. The highest BCUT2D eigenvalue weighted by molar-refractivity contribution is 5.96. The number of amides is 2. The van der Waals surface area contributed by atoms with Crippen molar-refractivity contribution in [2.24, 2.45) is 5.92 Å². The minimum absolute atomic E-state index is 0.161. The smallest absolute Gasteiger partial charge is 0.341 e. The van der Waals surface area contributed by atoms with E-state index in [1.807, 2.05) is 4.90 Å². The molecule has 0 bridgehead atoms. The zero-order valence-electron chi connectivity index (χ0n) is 16.3. The van der Waals surface area contributed by atoms with Crippen molar-refractivity contribution in [1.82, 2.24) is 14.7 Å². The molecule has 5 nitrogen and oxygen atoms in total. The third-order valence-electron chi connectivity index (χ3n) is 6.17. The molecule has 1 aromatic carbocycles. The van der Waals surface area contributed by atoms with Gasteiger partial charge in [-0.3, -0.25) is 14.5 Å². The first-order valence-electron chi connectivity index (χ1n) is 10.3. The molecule has 158 valence electrons. The second-order valence-electron chi connectivity index (χ2n) is 8.26. The molecule has 2 saturated heterocycles. The number of rotatable bonds is 4. The molecule has 0 aromatic heterocycles. The lowest BCUT2D eigenvalue weighted by atomic mass is 10.1. The average Bonchev–Trinajstić information content (AvgIpc) is 3.48. The van der Waals surface area contributed by atoms with Crippen LogP contribution in [0.4, 0.5) is 13.2 Å². The van der Waals surface area contributed by atoms with Gasteiger partial charge in [0.05, 0.1) is 17.2 Å². The molecule has 1 aliphatic carbocycles. The van der Waals surface area contributed by atoms with Crippen molar-refractivity contribution in [2.75, 3.05) is 39.3 Å². The molecule has 1 aromatic rings. The van der Waals surface area contributed by atoms with Gasteiger partial charge in [0.1, 0.15) is 0 Å². The fourth-order valence-corrected chi connectivity index (χ4v) is 4.39. The van der Waals surface area contributed by atoms with Gasteiger partial charge >= 0.3 is 6.18 Å². The summed E-state index contributed by atoms with van der Waals surface area (Å²) in [6.45, 7) is 3.54. The summed E-state index contributed by atoms with van der Waals surface area (Å²) in [5.74, 6) is 0.232. The number of likely N-dealkylation sites (tertiary alicyclic amines) is 1. The van der Waals surface area contributed by atoms with E-state index in [1.165, 1.54) is 35.9 Å². The summed E-state index contributed by atoms with van der Waals surface area (Å²) >= 11 is 0. The topological polar surface area (TPSA) is 43.9 Å². The zero-order chi connectivity index (χ0) is 20.6. The van der Waals surface area contributed by atoms with Crippen molar-refractivity contribution in [2.45, 2.75) is 37.9 Å². The van der Waals surface area contributed by atoms with Crippen LogP contribution in [0, 0.1) is 5.92 Å². The van der Waals surface area contributed by atoms with Crippen LogP contribution in [0.3, 0.4) is 0 Å². The van der Waals surface area contributed by atoms with E-state index < -0.39 is 17.6 Å². The monoisotopic (exact) mass is 409 g/mol. The SMILES string of the molecule is O=C(c1ccccc1C(F)(F)F)N1CCCN(C2CCN(CC3CC3)C2=O)CC1. The fraction of sp³-hybridized carbons (Fsp3) is 0.619. The Balaban J connectivity index is 1.40. The van der Waals surface area contributed by atoms with E-state index >= 15 is 0 Å². The lowest BCUT2D eigenvalue weighted by Gasteiger charge is -2.27. The molecule has 0 radical (unpaired) electrons. The Labute approximate surface area is 168 Å². The zero-order valence-corrected chi connectivity index (χ0v) is 16.3. The van der Waals surface area contributed by atoms with Crippen LogP contribution in [-0.2, 0) is 11.0 Å². The number of alkyl halides is 3. The molecule has 1 saturated carbocycles. The molecule has 4 rings (SSSR count). The summed E-state index contributed by atoms with van der Waals surface area (Å²) in [6.07, 6.45) is -0.725. The maximum absolute atomic E-state index is 13.3. The van der Waals surface area contributed by atoms with Gasteiger partial charge < -0.3 is 9.80 Å². The van der Waals surface area contributed by atoms with Gasteiger partial charge in [-0.1, -0.05) is 12.1 Å². The maximum atomic E-state index is 13.3. The Morgan fingerprint density at radius 3 is 2.48 bits per heavy atom. The van der Waals surface area contributed by atoms with Crippen LogP contribution in [0.5, 0.6) is 0 Å². The van der Waals surface area contributed by atoms with E-state index in [1.54, 1.807) is 0 Å². The van der Waals surface area contributed by atoms with Gasteiger partial charge in [-0.2, -0.15) is 13.2 Å². The van der Waals surface area contributed by atoms with Gasteiger partial charge in [-0.25, -0.2) is 0 Å². The third-order valence-corrected chi connectivity index (χ3v) is 6.17. The van der Waals surface area contributed by atoms with Crippen LogP contribution in [0.15, 0.2) is 24.3 Å². The largest absolute Gasteiger partial charge is 0.417 e. The number of benzene rings is 1. The third kappa shape index (κ3) is 4.42. The van der Waals surface area contributed by atoms with Crippen LogP contribution in [-0.4, -0.2) is 71.8 Å². The first kappa shape index (κ1) is 20.2. The first-order chi connectivity index (χ1) is 13.8. The van der Waals surface area contributed by atoms with Gasteiger partial charge in [0.15, 0.2) is 0 Å². The molecular formula is C21H26F3N3O2. The molecule has 2 heterocycles. The van der Waals surface area contributed by atoms with Crippen molar-refractivity contribution in [3.05, 3.63) is 35.4 Å². The molecule has 1 unspecified atom stereocenters. The molecule has 3 aliphatic rings. The van der Waals surface area contributed by atoms with Crippen molar-refractivity contribution in [3.8, 4) is 0 Å². The highest BCUT2D eigenvalue weighted by Crippen LogP contribution is 2.33. The quantitative estimate of drug-likeness (QED) is 0.768. The standard InChI is InChI=1S/C21H26F3N3O2/c22-21(23,24)17-5-2-1-4-16(17)19(28)26-10-3-9-25(12-13-26)18-8-11-27(20(18)29)14-15-6-7-15/h1-2,4-5,15,18H,3,6-14H2. The molecule has 3 fully saturated rings. The molecule has 1 atom stereocenters. The molecule has 29 heavy (non-hydrogen) atoms. The second-order valence-corrected chi connectivity index (χ2v) is 8.26. The maximum Gasteiger partial charge on any atom is 0.417 e. The minimum atomic E-state index is -4.56. The molecule has 0 spiro atoms. The Bertz CT molecular complexity index is 779. The van der Waals surface area contributed by atoms with Crippen LogP contribution >= 0.6 is 0 Å². The van der Waals surface area contributed by atoms with Crippen LogP contribution < -0.4 is 0 Å². The number of nitrogens with zero attached hydrogens (tertiary/aromatic N) is 3. The van der Waals surface area contributed by atoms with E-state index in [9.17, 15) is 22.8 Å². The Morgan fingerprint density at radius 1 is 1.00 bits per heavy atom. The molecule has 8 heteroatoms. The highest BCUT2D eigenvalue weighted by atomic mass is 19.4. The van der Waals surface area contributed by atoms with E-state index in [0.717, 1.165) is 25.6 Å². The fourth-order valence-electron chi connectivity index (χ4n) is 4.39. The van der Waals surface area contributed by atoms with Crippen LogP contribution in [0.25, 0.3) is 0 Å². The molecule has 2 amide bonds. The molecular weight excluding hydrogens is 383 g/mol. The summed E-state index contributed by atoms with van der Waals surface area (Å²) in [6, 6.07) is 4.78. The number of carbonyl (C=O) groups is 2. The van der Waals surface area contributed by atoms with Gasteiger partial charge in [-0.15, -0.1) is 0 Å². The van der Waals surface area contributed by atoms with Crippen molar-refractivity contribution in [1.29, 1.82) is 0 Å². The average molecular weight is 409 g/mol. The van der Waals surface area contributed by atoms with Gasteiger partial charge in [0, 0.05) is 39.3 Å². The van der Waals surface area contributed by atoms with E-state index in [0.29, 0.717) is 38.5 Å². The lowest BCUT2D eigenvalue weighted by Crippen LogP contribution is -2.44. The Hall–Kier alpha value is -2.09. The Kier molecular flexibility index (Phi) is 5.55. The van der Waals surface area contributed by atoms with Crippen LogP contribution in [0.1, 0.15) is 41.6 Å². The summed E-state index contributed by atoms with van der Waals surface area (Å²) in [5.41, 5.74) is -1.20. The minimum Gasteiger partial charge on any atom is -0.341 e. The Morgan fingerprint density at radius 2 is 1.76 bits per heavy atom. The van der Waals surface area contributed by atoms with E-state index in [2.05, 4.69) is 4.90 Å². The predicted octanol–water partition coefficient (Wildman–Crippen LogP) is 2.86. The number of hydrogen-bond acceptors (Lipinski definition) is 3. The van der Waals surface area contributed by atoms with Gasteiger partial charge in [0.25, 0.3) is 5.91 Å². The second kappa shape index (κ2) is 7.97. The lowest BCUT2D eigenvalue weighted by molar-refractivity contribution is -0.138. The number of hydrogen-bond donors (Lipinski definition) is 0. The van der Waals surface area contributed by atoms with Gasteiger partial charge in [-0.05, 0) is 43.7 Å². The number of carbonyl (C=O) groups excluding carboxylic acids is 2. The normalized spacial score (nSPS) is 24.1. The molecule has 2 aliphatic heterocycles. The van der Waals surface area contributed by atoms with E-state index in [-0.39, 0.29) is 17.5 Å². The molecule has 0 N–H and O–H groups in total. The van der Waals surface area contributed by atoms with Crippen molar-refractivity contribution in [3.63, 3.8) is 0 Å². The summed E-state index contributed by atoms with van der Waals surface area (Å²) in [4.78, 5) is 31.1. The summed E-state index contributed by atoms with van der Waals surface area (Å²) in [7, 11) is 0. The highest BCUT2D eigenvalue weighted by Gasteiger charge is 2.40. The summed E-state index contributed by atoms with van der Waals surface area (Å²) in [5, 5.41) is 0. The van der Waals surface area contributed by atoms with Crippen molar-refractivity contribution >= 4 is 11.8 Å². The van der Waals surface area contributed by atoms with E-state index in [4.69, 9.17) is 0 Å². The first-order valence-corrected chi connectivity index (χ1v) is 10.3.